The molecule has 0 fully saturated rings. The maximum atomic E-state index is 12.5. The van der Waals surface area contributed by atoms with Crippen molar-refractivity contribution in [2.45, 2.75) is 25.2 Å². The van der Waals surface area contributed by atoms with Crippen molar-refractivity contribution in [1.29, 1.82) is 0 Å². The minimum absolute atomic E-state index is 0.000208. The highest BCUT2D eigenvalue weighted by atomic mass is 19.4. The number of nitrogens with zero attached hydrogens (tertiary/aromatic N) is 2. The lowest BCUT2D eigenvalue weighted by Crippen LogP contribution is -2.56. The van der Waals surface area contributed by atoms with Crippen molar-refractivity contribution in [3.8, 4) is 0 Å². The Kier molecular flexibility index (Phi) is 2.64. The van der Waals surface area contributed by atoms with E-state index in [1.54, 1.807) is 0 Å². The van der Waals surface area contributed by atoms with Crippen LogP contribution in [0.15, 0.2) is 5.10 Å². The van der Waals surface area contributed by atoms with Gasteiger partial charge in [0.1, 0.15) is 0 Å². The number of halogens is 3. The zero-order valence-corrected chi connectivity index (χ0v) is 8.00. The van der Waals surface area contributed by atoms with E-state index < -0.39 is 24.4 Å². The Morgan fingerprint density at radius 1 is 1.67 bits per heavy atom. The summed E-state index contributed by atoms with van der Waals surface area (Å²) in [6.45, 7) is 1.28. The van der Waals surface area contributed by atoms with Gasteiger partial charge >= 0.3 is 12.3 Å². The first kappa shape index (κ1) is 11.8. The molecule has 1 rings (SSSR count). The second-order valence-corrected chi connectivity index (χ2v) is 3.11. The number of amides is 1. The van der Waals surface area contributed by atoms with Crippen LogP contribution in [0.3, 0.4) is 0 Å². The molecule has 0 saturated heterocycles. The van der Waals surface area contributed by atoms with Gasteiger partial charge in [-0.05, 0) is 6.92 Å². The molecule has 1 N–H and O–H groups in total. The maximum Gasteiger partial charge on any atom is 0.439 e. The molecule has 8 heteroatoms. The Hall–Kier alpha value is -1.31. The molecule has 1 aliphatic heterocycles. The van der Waals surface area contributed by atoms with E-state index in [1.807, 2.05) is 0 Å². The quantitative estimate of drug-likeness (QED) is 0.672. The highest BCUT2D eigenvalue weighted by molar-refractivity contribution is 5.87. The fourth-order valence-corrected chi connectivity index (χ4v) is 1.22. The molecule has 0 radical (unpaired) electrons. The van der Waals surface area contributed by atoms with Crippen molar-refractivity contribution in [2.24, 2.45) is 5.10 Å². The number of methoxy groups -OCH3 is 1. The molecule has 15 heavy (non-hydrogen) atoms. The van der Waals surface area contributed by atoms with Gasteiger partial charge in [-0.25, -0.2) is 4.79 Å². The maximum absolute atomic E-state index is 12.5. The van der Waals surface area contributed by atoms with Gasteiger partial charge in [-0.2, -0.15) is 23.3 Å². The summed E-state index contributed by atoms with van der Waals surface area (Å²) >= 11 is 0. The summed E-state index contributed by atoms with van der Waals surface area (Å²) in [5.74, 6) is 0. The average molecular weight is 226 g/mol. The third-order valence-electron chi connectivity index (χ3n) is 1.92. The molecule has 1 amide bonds. The van der Waals surface area contributed by atoms with Crippen LogP contribution in [0, 0.1) is 0 Å². The van der Waals surface area contributed by atoms with Gasteiger partial charge in [0, 0.05) is 12.1 Å². The number of hydrazone groups is 1. The number of aliphatic hydroxyl groups is 1. The van der Waals surface area contributed by atoms with Crippen LogP contribution in [0.2, 0.25) is 0 Å². The summed E-state index contributed by atoms with van der Waals surface area (Å²) in [7, 11) is 0.905. The van der Waals surface area contributed by atoms with Crippen LogP contribution in [-0.4, -0.2) is 40.9 Å². The van der Waals surface area contributed by atoms with Gasteiger partial charge in [-0.3, -0.25) is 0 Å². The van der Waals surface area contributed by atoms with Crippen LogP contribution in [0.1, 0.15) is 13.3 Å². The van der Waals surface area contributed by atoms with Crippen LogP contribution in [0.4, 0.5) is 18.0 Å². The minimum atomic E-state index is -4.98. The van der Waals surface area contributed by atoms with Crippen molar-refractivity contribution in [1.82, 2.24) is 5.01 Å². The molecule has 1 unspecified atom stereocenters. The Labute approximate surface area is 83.1 Å². The number of ether oxygens (including phenoxy) is 1. The molecule has 1 aliphatic rings. The molecule has 1 atom stereocenters. The molecule has 0 aromatic rings. The predicted molar refractivity (Wildman–Crippen MR) is 43.0 cm³/mol. The Morgan fingerprint density at radius 2 is 2.20 bits per heavy atom. The summed E-state index contributed by atoms with van der Waals surface area (Å²) in [6.07, 6.45) is -7.11. The fourth-order valence-electron chi connectivity index (χ4n) is 1.22. The van der Waals surface area contributed by atoms with Crippen LogP contribution < -0.4 is 0 Å². The van der Waals surface area contributed by atoms with Gasteiger partial charge in [-0.15, -0.1) is 0 Å². The van der Waals surface area contributed by atoms with Crippen molar-refractivity contribution >= 4 is 11.8 Å². The first-order valence-corrected chi connectivity index (χ1v) is 3.93. The highest BCUT2D eigenvalue weighted by Crippen LogP contribution is 2.40. The molecule has 5 nitrogen and oxygen atoms in total. The van der Waals surface area contributed by atoms with Crippen LogP contribution in [0.5, 0.6) is 0 Å². The number of alkyl halides is 3. The number of rotatable bonds is 0. The van der Waals surface area contributed by atoms with Gasteiger partial charge in [0.05, 0.1) is 7.11 Å². The van der Waals surface area contributed by atoms with Gasteiger partial charge in [0.2, 0.25) is 0 Å². The van der Waals surface area contributed by atoms with Crippen LogP contribution in [0.25, 0.3) is 0 Å². The molecule has 0 spiro atoms. The molecular formula is C7H9F3N2O3. The van der Waals surface area contributed by atoms with Gasteiger partial charge in [0.25, 0.3) is 5.72 Å². The number of carbonyl (C=O) groups excluding carboxylic acids is 1. The Balaban J connectivity index is 3.07. The second kappa shape index (κ2) is 3.37. The number of hydrogen-bond acceptors (Lipinski definition) is 4. The van der Waals surface area contributed by atoms with Crippen LogP contribution >= 0.6 is 0 Å². The zero-order chi connectivity index (χ0) is 11.9. The van der Waals surface area contributed by atoms with Gasteiger partial charge in [0.15, 0.2) is 0 Å². The predicted octanol–water partition coefficient (Wildman–Crippen LogP) is 1.09. The van der Waals surface area contributed by atoms with E-state index in [0.717, 1.165) is 7.11 Å². The van der Waals surface area contributed by atoms with E-state index in [-0.39, 0.29) is 10.7 Å². The monoisotopic (exact) mass is 226 g/mol. The Bertz CT molecular complexity index is 315. The minimum Gasteiger partial charge on any atom is -0.451 e. The SMILES string of the molecule is COC(=O)N1N=C(C)CC1(O)C(F)(F)F. The molecular weight excluding hydrogens is 217 g/mol. The molecule has 86 valence electrons. The van der Waals surface area contributed by atoms with Crippen molar-refractivity contribution in [2.75, 3.05) is 7.11 Å². The number of hydrogen-bond donors (Lipinski definition) is 1. The van der Waals surface area contributed by atoms with E-state index in [9.17, 15) is 23.1 Å². The largest absolute Gasteiger partial charge is 0.451 e. The van der Waals surface area contributed by atoms with E-state index in [4.69, 9.17) is 0 Å². The lowest BCUT2D eigenvalue weighted by Gasteiger charge is -2.31. The topological polar surface area (TPSA) is 62.1 Å². The molecule has 0 aromatic heterocycles. The summed E-state index contributed by atoms with van der Waals surface area (Å²) < 4.78 is 41.6. The lowest BCUT2D eigenvalue weighted by molar-refractivity contribution is -0.299. The van der Waals surface area contributed by atoms with E-state index >= 15 is 0 Å². The van der Waals surface area contributed by atoms with Crippen molar-refractivity contribution in [3.63, 3.8) is 0 Å². The fraction of sp³-hybridized carbons (Fsp3) is 0.714. The molecule has 1 heterocycles. The van der Waals surface area contributed by atoms with Crippen molar-refractivity contribution < 1.29 is 27.8 Å². The Morgan fingerprint density at radius 3 is 2.60 bits per heavy atom. The normalized spacial score (nSPS) is 26.5. The van der Waals surface area contributed by atoms with E-state index in [0.29, 0.717) is 0 Å². The first-order chi connectivity index (χ1) is 6.72. The zero-order valence-electron chi connectivity index (χ0n) is 8.00. The van der Waals surface area contributed by atoms with Crippen molar-refractivity contribution in [3.05, 3.63) is 0 Å². The third-order valence-corrected chi connectivity index (χ3v) is 1.92. The van der Waals surface area contributed by atoms with Gasteiger partial charge in [-0.1, -0.05) is 0 Å². The standard InChI is InChI=1S/C7H9F3N2O3/c1-4-3-6(14,7(8,9)10)12(11-4)5(13)15-2/h14H,3H2,1-2H3. The summed E-state index contributed by atoms with van der Waals surface area (Å²) in [6, 6.07) is 0. The molecule has 0 saturated carbocycles. The highest BCUT2D eigenvalue weighted by Gasteiger charge is 2.63. The van der Waals surface area contributed by atoms with E-state index in [2.05, 4.69) is 9.84 Å². The summed E-state index contributed by atoms with van der Waals surface area (Å²) in [5, 5.41) is 12.5. The van der Waals surface area contributed by atoms with E-state index in [1.165, 1.54) is 6.92 Å². The third kappa shape index (κ3) is 1.76. The number of carbonyl (C=O) groups is 1. The average Bonchev–Trinajstić information content (AvgIpc) is 2.40. The smallest absolute Gasteiger partial charge is 0.439 e. The summed E-state index contributed by atoms with van der Waals surface area (Å²) in [4.78, 5) is 11.0. The lowest BCUT2D eigenvalue weighted by atomic mass is 10.1. The van der Waals surface area contributed by atoms with Crippen LogP contribution in [-0.2, 0) is 4.74 Å². The molecule has 0 aromatic carbocycles. The first-order valence-electron chi connectivity index (χ1n) is 3.93. The summed E-state index contributed by atoms with van der Waals surface area (Å²) in [5.41, 5.74) is -3.30. The second-order valence-electron chi connectivity index (χ2n) is 3.11. The molecule has 0 aliphatic carbocycles. The molecule has 0 bridgehead atoms. The van der Waals surface area contributed by atoms with Gasteiger partial charge < -0.3 is 9.84 Å².